The summed E-state index contributed by atoms with van der Waals surface area (Å²) in [6.07, 6.45) is 6.56. The highest BCUT2D eigenvalue weighted by Crippen LogP contribution is 2.48. The van der Waals surface area contributed by atoms with Crippen molar-refractivity contribution in [2.24, 2.45) is 5.41 Å². The van der Waals surface area contributed by atoms with Crippen LogP contribution in [0.25, 0.3) is 0 Å². The average molecular weight is 300 g/mol. The minimum absolute atomic E-state index is 0.132. The summed E-state index contributed by atoms with van der Waals surface area (Å²) in [4.78, 5) is 0. The van der Waals surface area contributed by atoms with Gasteiger partial charge in [0.15, 0.2) is 0 Å². The summed E-state index contributed by atoms with van der Waals surface area (Å²) in [6.45, 7) is 17.6. The molecule has 1 aliphatic heterocycles. The maximum absolute atomic E-state index is 6.38. The summed E-state index contributed by atoms with van der Waals surface area (Å²) in [5.74, 6) is 1.08. The standard InChI is InChI=1S/C21H32O/c1-8-9-10-14-19(2,3)17-12-11-13-18-16(17)15-20(4,5)21(6,7)22-18/h8,11-13H,1,9-10,14-15H2,2-7H3. The fourth-order valence-corrected chi connectivity index (χ4v) is 3.37. The summed E-state index contributed by atoms with van der Waals surface area (Å²) in [7, 11) is 0. The van der Waals surface area contributed by atoms with Crippen molar-refractivity contribution >= 4 is 0 Å². The molecule has 0 N–H and O–H groups in total. The molecule has 22 heavy (non-hydrogen) atoms. The molecular weight excluding hydrogens is 268 g/mol. The fraction of sp³-hybridized carbons (Fsp3) is 0.619. The first kappa shape index (κ1) is 17.1. The van der Waals surface area contributed by atoms with E-state index < -0.39 is 0 Å². The molecule has 0 aliphatic carbocycles. The first-order valence-corrected chi connectivity index (χ1v) is 8.53. The Morgan fingerprint density at radius 2 is 1.91 bits per heavy atom. The first-order chi connectivity index (χ1) is 10.1. The Morgan fingerprint density at radius 3 is 2.55 bits per heavy atom. The van der Waals surface area contributed by atoms with Crippen LogP contribution in [0.3, 0.4) is 0 Å². The molecule has 1 aromatic rings. The molecule has 0 spiro atoms. The predicted molar refractivity (Wildman–Crippen MR) is 95.7 cm³/mol. The van der Waals surface area contributed by atoms with Gasteiger partial charge in [0.2, 0.25) is 0 Å². The monoisotopic (exact) mass is 300 g/mol. The molecule has 1 heteroatoms. The Kier molecular flexibility index (Phi) is 4.48. The molecule has 0 saturated carbocycles. The van der Waals surface area contributed by atoms with E-state index in [1.165, 1.54) is 24.0 Å². The Morgan fingerprint density at radius 1 is 1.23 bits per heavy atom. The molecule has 0 unspecified atom stereocenters. The molecule has 0 saturated heterocycles. The highest BCUT2D eigenvalue weighted by Gasteiger charge is 2.44. The number of fused-ring (bicyclic) bond motifs is 1. The Balaban J connectivity index is 2.39. The lowest BCUT2D eigenvalue weighted by atomic mass is 9.67. The van der Waals surface area contributed by atoms with Crippen LogP contribution >= 0.6 is 0 Å². The van der Waals surface area contributed by atoms with E-state index in [-0.39, 0.29) is 16.4 Å². The number of hydrogen-bond donors (Lipinski definition) is 0. The van der Waals surface area contributed by atoms with Crippen molar-refractivity contribution in [1.29, 1.82) is 0 Å². The van der Waals surface area contributed by atoms with Crippen LogP contribution in [0.1, 0.15) is 71.9 Å². The molecule has 122 valence electrons. The third-order valence-corrected chi connectivity index (χ3v) is 5.69. The van der Waals surface area contributed by atoms with Crippen molar-refractivity contribution < 1.29 is 4.74 Å². The van der Waals surface area contributed by atoms with Gasteiger partial charge >= 0.3 is 0 Å². The minimum atomic E-state index is -0.133. The number of ether oxygens (including phenoxy) is 1. The second kappa shape index (κ2) is 5.76. The largest absolute Gasteiger partial charge is 0.487 e. The van der Waals surface area contributed by atoms with Gasteiger partial charge in [-0.3, -0.25) is 0 Å². The van der Waals surface area contributed by atoms with Gasteiger partial charge in [0, 0.05) is 5.41 Å². The van der Waals surface area contributed by atoms with Crippen LogP contribution in [0.4, 0.5) is 0 Å². The zero-order valence-corrected chi connectivity index (χ0v) is 15.3. The molecule has 2 rings (SSSR count). The van der Waals surface area contributed by atoms with E-state index in [9.17, 15) is 0 Å². The average Bonchev–Trinajstić information content (AvgIpc) is 2.38. The van der Waals surface area contributed by atoms with Crippen molar-refractivity contribution in [2.75, 3.05) is 0 Å². The molecule has 1 heterocycles. The molecule has 0 bridgehead atoms. The molecule has 0 fully saturated rings. The van der Waals surface area contributed by atoms with Gasteiger partial charge in [-0.25, -0.2) is 0 Å². The van der Waals surface area contributed by atoms with E-state index in [0.717, 1.165) is 18.6 Å². The van der Waals surface area contributed by atoms with Crippen LogP contribution in [0.15, 0.2) is 30.9 Å². The molecule has 0 amide bonds. The smallest absolute Gasteiger partial charge is 0.123 e. The van der Waals surface area contributed by atoms with E-state index in [0.29, 0.717) is 0 Å². The highest BCUT2D eigenvalue weighted by molar-refractivity contribution is 5.46. The van der Waals surface area contributed by atoms with Crippen molar-refractivity contribution in [3.63, 3.8) is 0 Å². The number of rotatable bonds is 5. The maximum atomic E-state index is 6.38. The van der Waals surface area contributed by atoms with E-state index in [4.69, 9.17) is 4.74 Å². The van der Waals surface area contributed by atoms with E-state index in [1.54, 1.807) is 0 Å². The van der Waals surface area contributed by atoms with Crippen LogP contribution < -0.4 is 4.74 Å². The van der Waals surface area contributed by atoms with Crippen molar-refractivity contribution in [3.05, 3.63) is 42.0 Å². The van der Waals surface area contributed by atoms with Gasteiger partial charge in [-0.1, -0.05) is 45.9 Å². The van der Waals surface area contributed by atoms with E-state index in [1.807, 2.05) is 6.08 Å². The van der Waals surface area contributed by atoms with E-state index >= 15 is 0 Å². The number of allylic oxidation sites excluding steroid dienone is 1. The highest BCUT2D eigenvalue weighted by atomic mass is 16.5. The normalized spacial score (nSPS) is 19.2. The zero-order valence-electron chi connectivity index (χ0n) is 15.3. The SMILES string of the molecule is C=CCCCC(C)(C)c1cccc2c1CC(C)(C)C(C)(C)O2. The quantitative estimate of drug-likeness (QED) is 0.474. The maximum Gasteiger partial charge on any atom is 0.123 e. The Labute approximate surface area is 136 Å². The van der Waals surface area contributed by atoms with Crippen LogP contribution in [0.5, 0.6) is 5.75 Å². The zero-order chi connectivity index (χ0) is 16.6. The van der Waals surface area contributed by atoms with Crippen LogP contribution in [0.2, 0.25) is 0 Å². The molecule has 1 aliphatic rings. The van der Waals surface area contributed by atoms with Crippen LogP contribution in [0, 0.1) is 5.41 Å². The molecule has 0 aromatic heterocycles. The summed E-state index contributed by atoms with van der Waals surface area (Å²) < 4.78 is 6.38. The predicted octanol–water partition coefficient (Wildman–Crippen LogP) is 6.06. The van der Waals surface area contributed by atoms with Gasteiger partial charge < -0.3 is 4.74 Å². The van der Waals surface area contributed by atoms with E-state index in [2.05, 4.69) is 66.3 Å². The lowest BCUT2D eigenvalue weighted by molar-refractivity contribution is -0.0276. The van der Waals surface area contributed by atoms with Crippen LogP contribution in [-0.4, -0.2) is 5.60 Å². The summed E-state index contributed by atoms with van der Waals surface area (Å²) in [6, 6.07) is 6.58. The summed E-state index contributed by atoms with van der Waals surface area (Å²) in [5.41, 5.74) is 3.04. The van der Waals surface area contributed by atoms with Gasteiger partial charge in [-0.2, -0.15) is 0 Å². The van der Waals surface area contributed by atoms with Gasteiger partial charge in [0.25, 0.3) is 0 Å². The number of benzene rings is 1. The minimum Gasteiger partial charge on any atom is -0.487 e. The fourth-order valence-electron chi connectivity index (χ4n) is 3.37. The van der Waals surface area contributed by atoms with Crippen molar-refractivity contribution in [1.82, 2.24) is 0 Å². The Hall–Kier alpha value is -1.24. The van der Waals surface area contributed by atoms with Gasteiger partial charge in [-0.05, 0) is 62.1 Å². The summed E-state index contributed by atoms with van der Waals surface area (Å²) >= 11 is 0. The van der Waals surface area contributed by atoms with Crippen molar-refractivity contribution in [2.45, 2.75) is 78.2 Å². The summed E-state index contributed by atoms with van der Waals surface area (Å²) in [5, 5.41) is 0. The van der Waals surface area contributed by atoms with Crippen LogP contribution in [-0.2, 0) is 11.8 Å². The lowest BCUT2D eigenvalue weighted by Gasteiger charge is -2.47. The number of hydrogen-bond acceptors (Lipinski definition) is 1. The van der Waals surface area contributed by atoms with Crippen molar-refractivity contribution in [3.8, 4) is 5.75 Å². The molecular formula is C21H32O. The topological polar surface area (TPSA) is 9.23 Å². The molecule has 0 atom stereocenters. The number of unbranched alkanes of at least 4 members (excludes halogenated alkanes) is 1. The molecule has 1 aromatic carbocycles. The second-order valence-electron chi connectivity index (χ2n) is 8.52. The van der Waals surface area contributed by atoms with Gasteiger partial charge in [0.1, 0.15) is 11.4 Å². The first-order valence-electron chi connectivity index (χ1n) is 8.53. The molecule has 1 nitrogen and oxygen atoms in total. The molecule has 0 radical (unpaired) electrons. The van der Waals surface area contributed by atoms with Gasteiger partial charge in [-0.15, -0.1) is 6.58 Å². The Bertz CT molecular complexity index is 549. The third kappa shape index (κ3) is 3.09. The third-order valence-electron chi connectivity index (χ3n) is 5.69. The van der Waals surface area contributed by atoms with Gasteiger partial charge in [0.05, 0.1) is 0 Å². The second-order valence-corrected chi connectivity index (χ2v) is 8.52. The lowest BCUT2D eigenvalue weighted by Crippen LogP contribution is -2.49.